The van der Waals surface area contributed by atoms with Gasteiger partial charge < -0.3 is 10.2 Å². The molecular weight excluding hydrogens is 276 g/mol. The van der Waals surface area contributed by atoms with E-state index in [9.17, 15) is 8.42 Å². The highest BCUT2D eigenvalue weighted by molar-refractivity contribution is 7.89. The minimum atomic E-state index is -3.46. The first-order valence-electron chi connectivity index (χ1n) is 7.01. The van der Waals surface area contributed by atoms with Gasteiger partial charge in [0.05, 0.1) is 0 Å². The van der Waals surface area contributed by atoms with E-state index >= 15 is 0 Å². The Balaban J connectivity index is 2.23. The lowest BCUT2D eigenvalue weighted by Gasteiger charge is -2.33. The molecule has 0 atom stereocenters. The van der Waals surface area contributed by atoms with Crippen LogP contribution in [0.3, 0.4) is 0 Å². The largest absolute Gasteiger partial charge is 0.369 e. The molecule has 1 aliphatic rings. The molecule has 2 rings (SSSR count). The molecule has 0 spiro atoms. The van der Waals surface area contributed by atoms with Gasteiger partial charge in [-0.3, -0.25) is 0 Å². The summed E-state index contributed by atoms with van der Waals surface area (Å²) in [5.41, 5.74) is 0. The predicted octanol–water partition coefficient (Wildman–Crippen LogP) is 0.840. The van der Waals surface area contributed by atoms with Crippen LogP contribution >= 0.6 is 0 Å². The minimum Gasteiger partial charge on any atom is -0.369 e. The Bertz CT molecular complexity index is 539. The molecule has 112 valence electrons. The van der Waals surface area contributed by atoms with Crippen LogP contribution in [0.15, 0.2) is 23.2 Å². The van der Waals surface area contributed by atoms with Gasteiger partial charge in [-0.15, -0.1) is 0 Å². The summed E-state index contributed by atoms with van der Waals surface area (Å²) in [7, 11) is -3.46. The first kappa shape index (κ1) is 15.2. The van der Waals surface area contributed by atoms with Crippen molar-refractivity contribution < 1.29 is 8.42 Å². The minimum absolute atomic E-state index is 0.270. The van der Waals surface area contributed by atoms with E-state index in [0.717, 1.165) is 19.6 Å². The maximum absolute atomic E-state index is 12.7. The van der Waals surface area contributed by atoms with Gasteiger partial charge in [0.2, 0.25) is 10.0 Å². The number of nitrogens with zero attached hydrogens (tertiary/aromatic N) is 3. The Labute approximate surface area is 120 Å². The van der Waals surface area contributed by atoms with Crippen molar-refractivity contribution in [2.24, 2.45) is 0 Å². The number of hydrogen-bond acceptors (Lipinski definition) is 5. The van der Waals surface area contributed by atoms with Crippen LogP contribution in [0.1, 0.15) is 13.8 Å². The van der Waals surface area contributed by atoms with Gasteiger partial charge in [0.15, 0.2) is 0 Å². The SMILES string of the molecule is CCNc1ncccc1S(=O)(=O)N1CCN(CC)CC1. The van der Waals surface area contributed by atoms with E-state index in [2.05, 4.69) is 22.1 Å². The van der Waals surface area contributed by atoms with Gasteiger partial charge >= 0.3 is 0 Å². The highest BCUT2D eigenvalue weighted by Crippen LogP contribution is 2.23. The van der Waals surface area contributed by atoms with Crippen LogP contribution in [0, 0.1) is 0 Å². The average molecular weight is 298 g/mol. The molecule has 1 N–H and O–H groups in total. The number of sulfonamides is 1. The number of likely N-dealkylation sites (N-methyl/N-ethyl adjacent to an activating group) is 1. The zero-order valence-corrected chi connectivity index (χ0v) is 12.9. The van der Waals surface area contributed by atoms with Crippen molar-refractivity contribution >= 4 is 15.8 Å². The van der Waals surface area contributed by atoms with Crippen molar-refractivity contribution in [1.82, 2.24) is 14.2 Å². The number of nitrogens with one attached hydrogen (secondary N) is 1. The van der Waals surface area contributed by atoms with Crippen molar-refractivity contribution in [2.75, 3.05) is 44.6 Å². The van der Waals surface area contributed by atoms with E-state index in [1.807, 2.05) is 6.92 Å². The molecule has 1 fully saturated rings. The third-order valence-electron chi connectivity index (χ3n) is 3.51. The fourth-order valence-corrected chi connectivity index (χ4v) is 3.87. The van der Waals surface area contributed by atoms with Gasteiger partial charge in [0, 0.05) is 38.9 Å². The number of aromatic nitrogens is 1. The third kappa shape index (κ3) is 3.11. The zero-order chi connectivity index (χ0) is 14.6. The molecule has 0 unspecified atom stereocenters. The van der Waals surface area contributed by atoms with E-state index in [1.165, 1.54) is 0 Å². The van der Waals surface area contributed by atoms with Gasteiger partial charge in [-0.2, -0.15) is 4.31 Å². The molecule has 6 nitrogen and oxygen atoms in total. The van der Waals surface area contributed by atoms with E-state index in [0.29, 0.717) is 25.5 Å². The van der Waals surface area contributed by atoms with Gasteiger partial charge in [-0.1, -0.05) is 6.92 Å². The van der Waals surface area contributed by atoms with E-state index < -0.39 is 10.0 Å². The Morgan fingerprint density at radius 3 is 2.55 bits per heavy atom. The van der Waals surface area contributed by atoms with Gasteiger partial charge in [-0.25, -0.2) is 13.4 Å². The topological polar surface area (TPSA) is 65.5 Å². The second-order valence-electron chi connectivity index (χ2n) is 4.72. The van der Waals surface area contributed by atoms with Gasteiger partial charge in [0.25, 0.3) is 0 Å². The lowest BCUT2D eigenvalue weighted by atomic mass is 10.4. The maximum atomic E-state index is 12.7. The van der Waals surface area contributed by atoms with E-state index in [4.69, 9.17) is 0 Å². The lowest BCUT2D eigenvalue weighted by Crippen LogP contribution is -2.48. The molecule has 0 aromatic carbocycles. The lowest BCUT2D eigenvalue weighted by molar-refractivity contribution is 0.196. The quantitative estimate of drug-likeness (QED) is 0.872. The molecular formula is C13H22N4O2S. The smallest absolute Gasteiger partial charge is 0.246 e. The highest BCUT2D eigenvalue weighted by atomic mass is 32.2. The van der Waals surface area contributed by atoms with Crippen molar-refractivity contribution in [3.05, 3.63) is 18.3 Å². The molecule has 20 heavy (non-hydrogen) atoms. The number of rotatable bonds is 5. The molecule has 1 aromatic heterocycles. The highest BCUT2D eigenvalue weighted by Gasteiger charge is 2.30. The summed E-state index contributed by atoms with van der Waals surface area (Å²) in [6.07, 6.45) is 1.60. The fourth-order valence-electron chi connectivity index (χ4n) is 2.32. The first-order chi connectivity index (χ1) is 9.59. The van der Waals surface area contributed by atoms with Crippen molar-refractivity contribution in [1.29, 1.82) is 0 Å². The normalized spacial score (nSPS) is 18.1. The summed E-state index contributed by atoms with van der Waals surface area (Å²) < 4.78 is 27.0. The molecule has 1 aliphatic heterocycles. The van der Waals surface area contributed by atoms with Crippen LogP contribution in [0.25, 0.3) is 0 Å². The molecule has 1 aromatic rings. The summed E-state index contributed by atoms with van der Waals surface area (Å²) in [6, 6.07) is 3.28. The molecule has 2 heterocycles. The Kier molecular flexibility index (Phi) is 4.95. The van der Waals surface area contributed by atoms with E-state index in [1.54, 1.807) is 22.6 Å². The standard InChI is InChI=1S/C13H22N4O2S/c1-3-14-13-12(6-5-7-15-13)20(18,19)17-10-8-16(4-2)9-11-17/h5-7H,3-4,8-11H2,1-2H3,(H,14,15). The summed E-state index contributed by atoms with van der Waals surface area (Å²) in [4.78, 5) is 6.65. The van der Waals surface area contributed by atoms with Crippen LogP contribution in [0.4, 0.5) is 5.82 Å². The molecule has 0 aliphatic carbocycles. The Hall–Kier alpha value is -1.18. The predicted molar refractivity (Wildman–Crippen MR) is 79.3 cm³/mol. The second-order valence-corrected chi connectivity index (χ2v) is 6.63. The molecule has 0 radical (unpaired) electrons. The maximum Gasteiger partial charge on any atom is 0.246 e. The molecule has 7 heteroatoms. The van der Waals surface area contributed by atoms with Crippen LogP contribution in [0.2, 0.25) is 0 Å². The summed E-state index contributed by atoms with van der Waals surface area (Å²) in [5.74, 6) is 0.438. The zero-order valence-electron chi connectivity index (χ0n) is 12.0. The number of pyridine rings is 1. The van der Waals surface area contributed by atoms with Crippen molar-refractivity contribution in [2.45, 2.75) is 18.7 Å². The molecule has 0 saturated carbocycles. The summed E-state index contributed by atoms with van der Waals surface area (Å²) in [6.45, 7) is 8.26. The summed E-state index contributed by atoms with van der Waals surface area (Å²) >= 11 is 0. The monoisotopic (exact) mass is 298 g/mol. The van der Waals surface area contributed by atoms with Crippen molar-refractivity contribution in [3.63, 3.8) is 0 Å². The van der Waals surface area contributed by atoms with Crippen LogP contribution < -0.4 is 5.32 Å². The van der Waals surface area contributed by atoms with Crippen LogP contribution in [-0.2, 0) is 10.0 Å². The van der Waals surface area contributed by atoms with Crippen LogP contribution in [0.5, 0.6) is 0 Å². The summed E-state index contributed by atoms with van der Waals surface area (Å²) in [5, 5.41) is 3.01. The number of anilines is 1. The number of piperazine rings is 1. The Morgan fingerprint density at radius 2 is 1.95 bits per heavy atom. The van der Waals surface area contributed by atoms with Crippen molar-refractivity contribution in [3.8, 4) is 0 Å². The molecule has 1 saturated heterocycles. The second kappa shape index (κ2) is 6.51. The van der Waals surface area contributed by atoms with Crippen LogP contribution in [-0.4, -0.2) is 61.9 Å². The fraction of sp³-hybridized carbons (Fsp3) is 0.615. The Morgan fingerprint density at radius 1 is 1.25 bits per heavy atom. The van der Waals surface area contributed by atoms with Gasteiger partial charge in [0.1, 0.15) is 10.7 Å². The third-order valence-corrected chi connectivity index (χ3v) is 5.44. The number of hydrogen-bond donors (Lipinski definition) is 1. The average Bonchev–Trinajstić information content (AvgIpc) is 2.48. The molecule has 0 amide bonds. The van der Waals surface area contributed by atoms with E-state index in [-0.39, 0.29) is 4.90 Å². The first-order valence-corrected chi connectivity index (χ1v) is 8.45. The molecule has 0 bridgehead atoms. The van der Waals surface area contributed by atoms with Gasteiger partial charge in [-0.05, 0) is 25.6 Å².